The number of nitrogens with zero attached hydrogens (tertiary/aromatic N) is 1. The van der Waals surface area contributed by atoms with E-state index in [9.17, 15) is 0 Å². The molecule has 0 saturated heterocycles. The normalized spacial score (nSPS) is 10.7. The molecule has 0 aromatic heterocycles. The summed E-state index contributed by atoms with van der Waals surface area (Å²) in [7, 11) is 0. The van der Waals surface area contributed by atoms with Crippen LogP contribution in [0.15, 0.2) is 59.8 Å². The molecular formula is C16H17NO2. The third kappa shape index (κ3) is 4.47. The van der Waals surface area contributed by atoms with Crippen LogP contribution in [0.5, 0.6) is 5.75 Å². The Kier molecular flexibility index (Phi) is 4.99. The molecule has 2 rings (SSSR count). The van der Waals surface area contributed by atoms with Gasteiger partial charge in [0, 0.05) is 0 Å². The first-order chi connectivity index (χ1) is 9.38. The summed E-state index contributed by atoms with van der Waals surface area (Å²) in [5.41, 5.74) is 2.18. The highest BCUT2D eigenvalue weighted by atomic mass is 16.5. The lowest BCUT2D eigenvalue weighted by molar-refractivity contribution is 0.311. The van der Waals surface area contributed by atoms with Crippen molar-refractivity contribution in [1.29, 1.82) is 0 Å². The molecule has 0 fully saturated rings. The third-order valence-corrected chi connectivity index (χ3v) is 2.81. The van der Waals surface area contributed by atoms with Crippen molar-refractivity contribution >= 4 is 6.21 Å². The Hall–Kier alpha value is -2.29. The van der Waals surface area contributed by atoms with E-state index in [4.69, 9.17) is 9.94 Å². The van der Waals surface area contributed by atoms with Crippen molar-refractivity contribution in [1.82, 2.24) is 0 Å². The molecule has 0 aliphatic heterocycles. The molecule has 98 valence electrons. The maximum Gasteiger partial charge on any atom is 0.119 e. The number of ether oxygens (including phenoxy) is 1. The molecule has 0 unspecified atom stereocenters. The second kappa shape index (κ2) is 7.21. The standard InChI is InChI=1S/C16H17NO2/c18-17-13-15-8-10-16(11-9-15)19-12-4-7-14-5-2-1-3-6-14/h1-3,5-6,8-11,13,18H,4,7,12H2/b17-13+. The fourth-order valence-electron chi connectivity index (χ4n) is 1.83. The number of oxime groups is 1. The van der Waals surface area contributed by atoms with Crippen LogP contribution in [0.2, 0.25) is 0 Å². The van der Waals surface area contributed by atoms with Crippen molar-refractivity contribution in [3.8, 4) is 5.75 Å². The first kappa shape index (κ1) is 13.1. The fraction of sp³-hybridized carbons (Fsp3) is 0.188. The molecule has 0 radical (unpaired) electrons. The lowest BCUT2D eigenvalue weighted by Crippen LogP contribution is -1.99. The Labute approximate surface area is 113 Å². The number of aryl methyl sites for hydroxylation is 1. The summed E-state index contributed by atoms with van der Waals surface area (Å²) in [6.07, 6.45) is 3.40. The predicted molar refractivity (Wildman–Crippen MR) is 76.1 cm³/mol. The highest BCUT2D eigenvalue weighted by Crippen LogP contribution is 2.12. The van der Waals surface area contributed by atoms with Gasteiger partial charge in [0.2, 0.25) is 0 Å². The van der Waals surface area contributed by atoms with E-state index < -0.39 is 0 Å². The van der Waals surface area contributed by atoms with Gasteiger partial charge in [0.05, 0.1) is 12.8 Å². The van der Waals surface area contributed by atoms with E-state index in [-0.39, 0.29) is 0 Å². The van der Waals surface area contributed by atoms with Gasteiger partial charge in [-0.05, 0) is 48.2 Å². The summed E-state index contributed by atoms with van der Waals surface area (Å²) in [6, 6.07) is 17.8. The van der Waals surface area contributed by atoms with Crippen molar-refractivity contribution in [3.63, 3.8) is 0 Å². The summed E-state index contributed by atoms with van der Waals surface area (Å²) in [6.45, 7) is 0.697. The largest absolute Gasteiger partial charge is 0.494 e. The van der Waals surface area contributed by atoms with Gasteiger partial charge in [-0.3, -0.25) is 0 Å². The van der Waals surface area contributed by atoms with Crippen molar-refractivity contribution in [2.24, 2.45) is 5.16 Å². The maximum absolute atomic E-state index is 8.41. The predicted octanol–water partition coefficient (Wildman–Crippen LogP) is 3.51. The van der Waals surface area contributed by atoms with Crippen LogP contribution in [-0.4, -0.2) is 18.0 Å². The summed E-state index contributed by atoms with van der Waals surface area (Å²) in [5, 5.41) is 11.4. The molecule has 0 heterocycles. The Morgan fingerprint density at radius 1 is 1.00 bits per heavy atom. The zero-order valence-corrected chi connectivity index (χ0v) is 10.7. The van der Waals surface area contributed by atoms with Crippen molar-refractivity contribution in [2.45, 2.75) is 12.8 Å². The van der Waals surface area contributed by atoms with E-state index in [1.807, 2.05) is 30.3 Å². The van der Waals surface area contributed by atoms with Crippen LogP contribution in [0, 0.1) is 0 Å². The second-order valence-corrected chi connectivity index (χ2v) is 4.25. The monoisotopic (exact) mass is 255 g/mol. The van der Waals surface area contributed by atoms with Crippen LogP contribution in [0.1, 0.15) is 17.5 Å². The summed E-state index contributed by atoms with van der Waals surface area (Å²) in [5.74, 6) is 0.836. The highest BCUT2D eigenvalue weighted by molar-refractivity contribution is 5.79. The summed E-state index contributed by atoms with van der Waals surface area (Å²) >= 11 is 0. The van der Waals surface area contributed by atoms with Crippen LogP contribution < -0.4 is 4.74 Å². The Balaban J connectivity index is 1.73. The highest BCUT2D eigenvalue weighted by Gasteiger charge is 1.95. The van der Waals surface area contributed by atoms with Gasteiger partial charge in [0.1, 0.15) is 5.75 Å². The molecule has 1 N–H and O–H groups in total. The molecular weight excluding hydrogens is 238 g/mol. The van der Waals surface area contributed by atoms with Crippen LogP contribution in [0.25, 0.3) is 0 Å². The zero-order valence-electron chi connectivity index (χ0n) is 10.7. The van der Waals surface area contributed by atoms with E-state index in [2.05, 4.69) is 29.4 Å². The van der Waals surface area contributed by atoms with Crippen molar-refractivity contribution in [2.75, 3.05) is 6.61 Å². The van der Waals surface area contributed by atoms with E-state index in [0.29, 0.717) is 6.61 Å². The lowest BCUT2D eigenvalue weighted by Gasteiger charge is -2.06. The van der Waals surface area contributed by atoms with Gasteiger partial charge in [0.25, 0.3) is 0 Å². The molecule has 2 aromatic rings. The van der Waals surface area contributed by atoms with Gasteiger partial charge in [-0.1, -0.05) is 35.5 Å². The first-order valence-electron chi connectivity index (χ1n) is 6.33. The van der Waals surface area contributed by atoms with E-state index >= 15 is 0 Å². The van der Waals surface area contributed by atoms with Gasteiger partial charge in [0.15, 0.2) is 0 Å². The third-order valence-electron chi connectivity index (χ3n) is 2.81. The molecule has 0 amide bonds. The number of hydrogen-bond acceptors (Lipinski definition) is 3. The Morgan fingerprint density at radius 2 is 1.74 bits per heavy atom. The second-order valence-electron chi connectivity index (χ2n) is 4.25. The smallest absolute Gasteiger partial charge is 0.119 e. The zero-order chi connectivity index (χ0) is 13.3. The Bertz CT molecular complexity index is 506. The van der Waals surface area contributed by atoms with Gasteiger partial charge in [-0.15, -0.1) is 0 Å². The first-order valence-corrected chi connectivity index (χ1v) is 6.33. The van der Waals surface area contributed by atoms with Gasteiger partial charge < -0.3 is 9.94 Å². The molecule has 0 spiro atoms. The van der Waals surface area contributed by atoms with E-state index in [0.717, 1.165) is 24.2 Å². The molecule has 3 heteroatoms. The number of hydrogen-bond donors (Lipinski definition) is 1. The SMILES string of the molecule is O/N=C/c1ccc(OCCCc2ccccc2)cc1. The molecule has 0 aliphatic rings. The number of benzene rings is 2. The van der Waals surface area contributed by atoms with E-state index in [1.165, 1.54) is 11.8 Å². The Morgan fingerprint density at radius 3 is 2.42 bits per heavy atom. The number of rotatable bonds is 6. The summed E-state index contributed by atoms with van der Waals surface area (Å²) < 4.78 is 5.65. The lowest BCUT2D eigenvalue weighted by atomic mass is 10.1. The van der Waals surface area contributed by atoms with Gasteiger partial charge >= 0.3 is 0 Å². The molecule has 19 heavy (non-hydrogen) atoms. The van der Waals surface area contributed by atoms with Crippen molar-refractivity contribution < 1.29 is 9.94 Å². The fourth-order valence-corrected chi connectivity index (χ4v) is 1.83. The molecule has 0 atom stereocenters. The quantitative estimate of drug-likeness (QED) is 0.371. The molecule has 0 bridgehead atoms. The molecule has 2 aromatic carbocycles. The summed E-state index contributed by atoms with van der Waals surface area (Å²) in [4.78, 5) is 0. The molecule has 3 nitrogen and oxygen atoms in total. The topological polar surface area (TPSA) is 41.8 Å². The minimum absolute atomic E-state index is 0.697. The molecule has 0 saturated carbocycles. The maximum atomic E-state index is 8.41. The van der Waals surface area contributed by atoms with Crippen LogP contribution >= 0.6 is 0 Å². The van der Waals surface area contributed by atoms with Crippen LogP contribution in [0.3, 0.4) is 0 Å². The minimum atomic E-state index is 0.697. The van der Waals surface area contributed by atoms with Crippen LogP contribution in [0.4, 0.5) is 0 Å². The van der Waals surface area contributed by atoms with Gasteiger partial charge in [-0.2, -0.15) is 0 Å². The van der Waals surface area contributed by atoms with Gasteiger partial charge in [-0.25, -0.2) is 0 Å². The average Bonchev–Trinajstić information content (AvgIpc) is 2.47. The van der Waals surface area contributed by atoms with E-state index in [1.54, 1.807) is 0 Å². The molecule has 0 aliphatic carbocycles. The van der Waals surface area contributed by atoms with Crippen LogP contribution in [-0.2, 0) is 6.42 Å². The average molecular weight is 255 g/mol. The minimum Gasteiger partial charge on any atom is -0.494 e. The van der Waals surface area contributed by atoms with Crippen molar-refractivity contribution in [3.05, 3.63) is 65.7 Å².